The molecule has 1 aromatic heterocycles. The van der Waals surface area contributed by atoms with Crippen molar-refractivity contribution in [3.05, 3.63) is 41.7 Å². The molecule has 1 amide bonds. The van der Waals surface area contributed by atoms with Crippen molar-refractivity contribution in [1.82, 2.24) is 9.97 Å². The molecule has 0 saturated heterocycles. The number of anilines is 1. The summed E-state index contributed by atoms with van der Waals surface area (Å²) in [4.78, 5) is 20.4. The number of carbonyl (C=O) groups is 1. The number of methoxy groups -OCH3 is 1. The Morgan fingerprint density at radius 3 is 2.79 bits per heavy atom. The molecule has 0 bridgehead atoms. The number of nitrogens with zero attached hydrogens (tertiary/aromatic N) is 2. The zero-order chi connectivity index (χ0) is 16.9. The molecule has 24 heavy (non-hydrogen) atoms. The first-order valence-corrected chi connectivity index (χ1v) is 8.13. The van der Waals surface area contributed by atoms with Crippen LogP contribution >= 0.6 is 0 Å². The van der Waals surface area contributed by atoms with Gasteiger partial charge in [-0.25, -0.2) is 9.97 Å². The average Bonchev–Trinajstić information content (AvgIpc) is 2.61. The predicted octanol–water partition coefficient (Wildman–Crippen LogP) is 3.14. The average molecular weight is 327 g/mol. The van der Waals surface area contributed by atoms with Gasteiger partial charge in [-0.15, -0.1) is 0 Å². The summed E-state index contributed by atoms with van der Waals surface area (Å²) in [6, 6.07) is 6.16. The fourth-order valence-electron chi connectivity index (χ4n) is 2.78. The number of nitrogens with one attached hydrogen (secondary N) is 1. The molecule has 1 aromatic carbocycles. The molecule has 0 unspecified atom stereocenters. The Bertz CT molecular complexity index is 716. The van der Waals surface area contributed by atoms with Crippen LogP contribution in [0.1, 0.15) is 43.2 Å². The highest BCUT2D eigenvalue weighted by Gasteiger charge is 2.27. The minimum atomic E-state index is -0.0654. The zero-order valence-corrected chi connectivity index (χ0v) is 13.9. The van der Waals surface area contributed by atoms with Crippen LogP contribution in [0.15, 0.2) is 30.6 Å². The molecule has 2 heterocycles. The maximum absolute atomic E-state index is 12.1. The Morgan fingerprint density at radius 1 is 1.29 bits per heavy atom. The van der Waals surface area contributed by atoms with E-state index in [0.717, 1.165) is 35.4 Å². The van der Waals surface area contributed by atoms with Crippen LogP contribution in [0.5, 0.6) is 11.8 Å². The third-order valence-corrected chi connectivity index (χ3v) is 4.06. The Labute approximate surface area is 141 Å². The molecule has 1 aliphatic heterocycles. The van der Waals surface area contributed by atoms with E-state index in [1.807, 2.05) is 18.2 Å². The fraction of sp³-hybridized carbons (Fsp3) is 0.389. The monoisotopic (exact) mass is 327 g/mol. The van der Waals surface area contributed by atoms with E-state index in [-0.39, 0.29) is 11.8 Å². The van der Waals surface area contributed by atoms with E-state index in [2.05, 4.69) is 22.2 Å². The number of hydrogen-bond donors (Lipinski definition) is 1. The molecular formula is C18H21N3O3. The normalized spacial score (nSPS) is 16.2. The Hall–Kier alpha value is -2.63. The van der Waals surface area contributed by atoms with Gasteiger partial charge in [0.1, 0.15) is 5.75 Å². The predicted molar refractivity (Wildman–Crippen MR) is 90.5 cm³/mol. The number of fused-ring (bicyclic) bond motifs is 1. The SMILES string of the molecule is CCCCOc1ccc2c(c1)NC(=O)C[C@H]2c1cnc(OC)nc1. The van der Waals surface area contributed by atoms with Crippen molar-refractivity contribution in [2.45, 2.75) is 32.1 Å². The van der Waals surface area contributed by atoms with E-state index in [1.54, 1.807) is 12.4 Å². The molecule has 1 aliphatic rings. The van der Waals surface area contributed by atoms with Gasteiger partial charge in [-0.05, 0) is 23.6 Å². The van der Waals surface area contributed by atoms with Crippen molar-refractivity contribution >= 4 is 11.6 Å². The third-order valence-electron chi connectivity index (χ3n) is 4.06. The summed E-state index contributed by atoms with van der Waals surface area (Å²) in [5.74, 6) is 0.688. The highest BCUT2D eigenvalue weighted by molar-refractivity contribution is 5.95. The van der Waals surface area contributed by atoms with Gasteiger partial charge in [0.25, 0.3) is 0 Å². The molecule has 1 N–H and O–H groups in total. The molecule has 126 valence electrons. The standard InChI is InChI=1S/C18H21N3O3/c1-3-4-7-24-13-5-6-14-15(9-17(22)21-16(14)8-13)12-10-19-18(23-2)20-11-12/h5-6,8,10-11,15H,3-4,7,9H2,1-2H3,(H,21,22)/t15-/m0/s1. The number of aromatic nitrogens is 2. The third kappa shape index (κ3) is 3.48. The second-order valence-electron chi connectivity index (χ2n) is 5.76. The molecule has 3 rings (SSSR count). The van der Waals surface area contributed by atoms with Gasteiger partial charge >= 0.3 is 6.01 Å². The summed E-state index contributed by atoms with van der Waals surface area (Å²) in [5.41, 5.74) is 2.74. The maximum Gasteiger partial charge on any atom is 0.316 e. The van der Waals surface area contributed by atoms with Crippen molar-refractivity contribution in [3.8, 4) is 11.8 Å². The minimum absolute atomic E-state index is 0.0194. The number of ether oxygens (including phenoxy) is 2. The molecule has 0 saturated carbocycles. The molecule has 6 nitrogen and oxygen atoms in total. The van der Waals surface area contributed by atoms with Gasteiger partial charge in [-0.1, -0.05) is 19.4 Å². The second kappa shape index (κ2) is 7.29. The summed E-state index contributed by atoms with van der Waals surface area (Å²) in [7, 11) is 1.53. The number of hydrogen-bond acceptors (Lipinski definition) is 5. The van der Waals surface area contributed by atoms with Crippen LogP contribution in [0.3, 0.4) is 0 Å². The van der Waals surface area contributed by atoms with E-state index in [4.69, 9.17) is 9.47 Å². The van der Waals surface area contributed by atoms with E-state index >= 15 is 0 Å². The van der Waals surface area contributed by atoms with Crippen molar-refractivity contribution in [1.29, 1.82) is 0 Å². The molecule has 0 aliphatic carbocycles. The quantitative estimate of drug-likeness (QED) is 0.825. The molecule has 2 aromatic rings. The molecule has 0 spiro atoms. The van der Waals surface area contributed by atoms with Crippen LogP contribution in [0.4, 0.5) is 5.69 Å². The summed E-state index contributed by atoms with van der Waals surface area (Å²) in [6.07, 6.45) is 5.89. The van der Waals surface area contributed by atoms with Crippen LogP contribution in [0.25, 0.3) is 0 Å². The number of benzene rings is 1. The lowest BCUT2D eigenvalue weighted by molar-refractivity contribution is -0.116. The summed E-state index contributed by atoms with van der Waals surface area (Å²) < 4.78 is 10.7. The smallest absolute Gasteiger partial charge is 0.316 e. The first-order chi connectivity index (χ1) is 11.7. The second-order valence-corrected chi connectivity index (χ2v) is 5.76. The summed E-state index contributed by atoms with van der Waals surface area (Å²) in [6.45, 7) is 2.80. The van der Waals surface area contributed by atoms with Crippen LogP contribution < -0.4 is 14.8 Å². The van der Waals surface area contributed by atoms with Crippen LogP contribution in [0, 0.1) is 0 Å². The van der Waals surface area contributed by atoms with Gasteiger partial charge in [-0.3, -0.25) is 4.79 Å². The van der Waals surface area contributed by atoms with Crippen LogP contribution in [0.2, 0.25) is 0 Å². The molecule has 0 fully saturated rings. The van der Waals surface area contributed by atoms with Crippen molar-refractivity contribution in [2.24, 2.45) is 0 Å². The molecule has 1 atom stereocenters. The number of amides is 1. The Kier molecular flexibility index (Phi) is 4.93. The number of unbranched alkanes of at least 4 members (excludes halogenated alkanes) is 1. The lowest BCUT2D eigenvalue weighted by atomic mass is 9.86. The Balaban J connectivity index is 1.87. The zero-order valence-electron chi connectivity index (χ0n) is 13.9. The minimum Gasteiger partial charge on any atom is -0.494 e. The van der Waals surface area contributed by atoms with Crippen molar-refractivity contribution < 1.29 is 14.3 Å². The lowest BCUT2D eigenvalue weighted by Crippen LogP contribution is -2.23. The highest BCUT2D eigenvalue weighted by Crippen LogP contribution is 2.38. The topological polar surface area (TPSA) is 73.3 Å². The first kappa shape index (κ1) is 16.2. The van der Waals surface area contributed by atoms with Crippen LogP contribution in [-0.4, -0.2) is 29.6 Å². The summed E-state index contributed by atoms with van der Waals surface area (Å²) in [5, 5.41) is 2.93. The van der Waals surface area contributed by atoms with Gasteiger partial charge in [-0.2, -0.15) is 0 Å². The van der Waals surface area contributed by atoms with Crippen molar-refractivity contribution in [3.63, 3.8) is 0 Å². The first-order valence-electron chi connectivity index (χ1n) is 8.13. The molecule has 6 heteroatoms. The summed E-state index contributed by atoms with van der Waals surface area (Å²) >= 11 is 0. The largest absolute Gasteiger partial charge is 0.494 e. The van der Waals surface area contributed by atoms with Gasteiger partial charge in [0, 0.05) is 36.5 Å². The van der Waals surface area contributed by atoms with Gasteiger partial charge in [0.15, 0.2) is 0 Å². The lowest BCUT2D eigenvalue weighted by Gasteiger charge is -2.26. The van der Waals surface area contributed by atoms with E-state index in [1.165, 1.54) is 7.11 Å². The van der Waals surface area contributed by atoms with Crippen molar-refractivity contribution in [2.75, 3.05) is 19.0 Å². The maximum atomic E-state index is 12.1. The van der Waals surface area contributed by atoms with E-state index < -0.39 is 0 Å². The molecule has 0 radical (unpaired) electrons. The van der Waals surface area contributed by atoms with Gasteiger partial charge in [0.2, 0.25) is 5.91 Å². The van der Waals surface area contributed by atoms with Gasteiger partial charge < -0.3 is 14.8 Å². The fourth-order valence-corrected chi connectivity index (χ4v) is 2.78. The Morgan fingerprint density at radius 2 is 2.08 bits per heavy atom. The van der Waals surface area contributed by atoms with E-state index in [9.17, 15) is 4.79 Å². The number of rotatable bonds is 6. The van der Waals surface area contributed by atoms with E-state index in [0.29, 0.717) is 19.0 Å². The number of carbonyl (C=O) groups excluding carboxylic acids is 1. The van der Waals surface area contributed by atoms with Crippen LogP contribution in [-0.2, 0) is 4.79 Å². The van der Waals surface area contributed by atoms with Gasteiger partial charge in [0.05, 0.1) is 13.7 Å². The highest BCUT2D eigenvalue weighted by atomic mass is 16.5. The molecular weight excluding hydrogens is 306 g/mol.